The fourth-order valence-electron chi connectivity index (χ4n) is 1.77. The Morgan fingerprint density at radius 3 is 2.89 bits per heavy atom. The van der Waals surface area contributed by atoms with Crippen LogP contribution in [0.1, 0.15) is 48.3 Å². The molecule has 0 radical (unpaired) electrons. The molecule has 0 saturated carbocycles. The third kappa shape index (κ3) is 3.24. The number of aryl methyl sites for hydroxylation is 1. The first-order valence-electron chi connectivity index (χ1n) is 6.47. The molecule has 0 spiro atoms. The van der Waals surface area contributed by atoms with Gasteiger partial charge in [-0.15, -0.1) is 0 Å². The predicted molar refractivity (Wildman–Crippen MR) is 72.0 cm³/mol. The van der Waals surface area contributed by atoms with Gasteiger partial charge in [0, 0.05) is 18.4 Å². The Morgan fingerprint density at radius 2 is 2.21 bits per heavy atom. The first kappa shape index (κ1) is 13.4. The second-order valence-electron chi connectivity index (χ2n) is 4.63. The van der Waals surface area contributed by atoms with E-state index in [1.54, 1.807) is 19.2 Å². The second-order valence-corrected chi connectivity index (χ2v) is 4.63. The molecular weight excluding hydrogens is 240 g/mol. The summed E-state index contributed by atoms with van der Waals surface area (Å²) in [4.78, 5) is 20.2. The molecule has 0 aliphatic rings. The fraction of sp³-hybridized carbons (Fsp3) is 0.429. The molecule has 0 amide bonds. The van der Waals surface area contributed by atoms with Gasteiger partial charge in [-0.2, -0.15) is 5.10 Å². The van der Waals surface area contributed by atoms with E-state index < -0.39 is 0 Å². The molecule has 5 nitrogen and oxygen atoms in total. The maximum absolute atomic E-state index is 12.1. The number of aromatic nitrogens is 4. The summed E-state index contributed by atoms with van der Waals surface area (Å²) in [5, 5.41) is 4.42. The summed E-state index contributed by atoms with van der Waals surface area (Å²) in [6.07, 6.45) is 4.81. The lowest BCUT2D eigenvalue weighted by molar-refractivity contribution is 0.0986. The highest BCUT2D eigenvalue weighted by Gasteiger charge is 2.12. The predicted octanol–water partition coefficient (Wildman–Crippen LogP) is 2.38. The number of nitrogens with zero attached hydrogens (tertiary/aromatic N) is 4. The molecule has 2 rings (SSSR count). The third-order valence-corrected chi connectivity index (χ3v) is 3.11. The van der Waals surface area contributed by atoms with Crippen molar-refractivity contribution in [2.75, 3.05) is 0 Å². The Bertz CT molecular complexity index is 576. The van der Waals surface area contributed by atoms with E-state index in [2.05, 4.69) is 28.9 Å². The Kier molecular flexibility index (Phi) is 4.04. The highest BCUT2D eigenvalue weighted by Crippen LogP contribution is 2.10. The largest absolute Gasteiger partial charge is 0.292 e. The van der Waals surface area contributed by atoms with E-state index in [0.29, 0.717) is 17.6 Å². The average Bonchev–Trinajstić information content (AvgIpc) is 2.86. The first-order valence-corrected chi connectivity index (χ1v) is 6.47. The molecule has 1 unspecified atom stereocenters. The molecule has 0 bridgehead atoms. The van der Waals surface area contributed by atoms with Gasteiger partial charge in [0.1, 0.15) is 11.5 Å². The molecule has 0 saturated heterocycles. The quantitative estimate of drug-likeness (QED) is 0.772. The summed E-state index contributed by atoms with van der Waals surface area (Å²) in [7, 11) is 0. The Hall–Kier alpha value is -2.04. The van der Waals surface area contributed by atoms with Crippen LogP contribution in [0.4, 0.5) is 0 Å². The van der Waals surface area contributed by atoms with Crippen LogP contribution in [0.2, 0.25) is 0 Å². The second kappa shape index (κ2) is 5.73. The van der Waals surface area contributed by atoms with Gasteiger partial charge in [-0.25, -0.2) is 9.97 Å². The number of rotatable bonds is 5. The molecule has 2 aromatic heterocycles. The summed E-state index contributed by atoms with van der Waals surface area (Å²) >= 11 is 0. The van der Waals surface area contributed by atoms with Crippen LogP contribution in [-0.2, 0) is 6.42 Å². The van der Waals surface area contributed by atoms with Gasteiger partial charge in [-0.05, 0) is 32.4 Å². The van der Waals surface area contributed by atoms with Crippen LogP contribution in [0.25, 0.3) is 0 Å². The summed E-state index contributed by atoms with van der Waals surface area (Å²) in [5.74, 6) is 0.580. The Balaban J connectivity index is 2.09. The molecule has 0 aliphatic carbocycles. The van der Waals surface area contributed by atoms with Crippen LogP contribution in [0.3, 0.4) is 0 Å². The lowest BCUT2D eigenvalue weighted by Gasteiger charge is -2.07. The minimum atomic E-state index is -0.0279. The van der Waals surface area contributed by atoms with Crippen molar-refractivity contribution in [1.82, 2.24) is 19.7 Å². The number of carbonyl (C=O) groups is 1. The van der Waals surface area contributed by atoms with Crippen molar-refractivity contribution in [3.05, 3.63) is 41.7 Å². The van der Waals surface area contributed by atoms with Crippen LogP contribution in [0, 0.1) is 6.92 Å². The SMILES string of the molecule is CCC(C)n1ccc(CC(=O)c2ccnc(C)n2)n1. The maximum Gasteiger partial charge on any atom is 0.187 e. The number of hydrogen-bond acceptors (Lipinski definition) is 4. The van der Waals surface area contributed by atoms with Crippen molar-refractivity contribution < 1.29 is 4.79 Å². The van der Waals surface area contributed by atoms with Gasteiger partial charge in [0.15, 0.2) is 5.78 Å². The molecule has 2 aromatic rings. The summed E-state index contributed by atoms with van der Waals surface area (Å²) in [5.41, 5.74) is 1.23. The fourth-order valence-corrected chi connectivity index (χ4v) is 1.77. The lowest BCUT2D eigenvalue weighted by atomic mass is 10.1. The molecule has 0 aliphatic heterocycles. The maximum atomic E-state index is 12.1. The van der Waals surface area contributed by atoms with Crippen molar-refractivity contribution in [2.45, 2.75) is 39.7 Å². The summed E-state index contributed by atoms with van der Waals surface area (Å²) in [6.45, 7) is 5.99. The van der Waals surface area contributed by atoms with E-state index in [1.165, 1.54) is 0 Å². The molecule has 100 valence electrons. The number of carbonyl (C=O) groups excluding carboxylic acids is 1. The zero-order valence-electron chi connectivity index (χ0n) is 11.5. The highest BCUT2D eigenvalue weighted by atomic mass is 16.1. The van der Waals surface area contributed by atoms with Gasteiger partial charge in [-0.3, -0.25) is 9.48 Å². The average molecular weight is 258 g/mol. The zero-order chi connectivity index (χ0) is 13.8. The minimum absolute atomic E-state index is 0.0279. The molecule has 1 atom stereocenters. The molecular formula is C14H18N4O. The van der Waals surface area contributed by atoms with E-state index in [0.717, 1.165) is 12.1 Å². The van der Waals surface area contributed by atoms with E-state index >= 15 is 0 Å². The van der Waals surface area contributed by atoms with Crippen molar-refractivity contribution in [1.29, 1.82) is 0 Å². The monoisotopic (exact) mass is 258 g/mol. The molecule has 0 aromatic carbocycles. The summed E-state index contributed by atoms with van der Waals surface area (Å²) < 4.78 is 1.90. The smallest absolute Gasteiger partial charge is 0.187 e. The van der Waals surface area contributed by atoms with Gasteiger partial charge in [0.05, 0.1) is 12.1 Å². The molecule has 19 heavy (non-hydrogen) atoms. The first-order chi connectivity index (χ1) is 9.10. The number of hydrogen-bond donors (Lipinski definition) is 0. The van der Waals surface area contributed by atoms with Gasteiger partial charge in [0.2, 0.25) is 0 Å². The van der Waals surface area contributed by atoms with Crippen LogP contribution < -0.4 is 0 Å². The zero-order valence-corrected chi connectivity index (χ0v) is 11.5. The summed E-state index contributed by atoms with van der Waals surface area (Å²) in [6, 6.07) is 3.88. The highest BCUT2D eigenvalue weighted by molar-refractivity contribution is 5.95. The number of Topliss-reactive ketones (excluding diaryl/α,β-unsaturated/α-hetero) is 1. The van der Waals surface area contributed by atoms with Crippen LogP contribution in [0.5, 0.6) is 0 Å². The molecule has 0 fully saturated rings. The van der Waals surface area contributed by atoms with Gasteiger partial charge in [0.25, 0.3) is 0 Å². The van der Waals surface area contributed by atoms with Gasteiger partial charge in [-0.1, -0.05) is 6.92 Å². The topological polar surface area (TPSA) is 60.7 Å². The standard InChI is InChI=1S/C14H18N4O/c1-4-10(2)18-8-6-12(17-18)9-14(19)13-5-7-15-11(3)16-13/h5-8,10H,4,9H2,1-3H3. The Morgan fingerprint density at radius 1 is 1.42 bits per heavy atom. The van der Waals surface area contributed by atoms with Crippen LogP contribution in [0.15, 0.2) is 24.5 Å². The number of ketones is 1. The Labute approximate surface area is 112 Å². The van der Waals surface area contributed by atoms with Crippen LogP contribution in [-0.4, -0.2) is 25.5 Å². The van der Waals surface area contributed by atoms with Crippen molar-refractivity contribution in [3.8, 4) is 0 Å². The van der Waals surface area contributed by atoms with E-state index in [1.807, 2.05) is 16.9 Å². The molecule has 2 heterocycles. The molecule has 0 N–H and O–H groups in total. The minimum Gasteiger partial charge on any atom is -0.292 e. The van der Waals surface area contributed by atoms with E-state index in [-0.39, 0.29) is 12.2 Å². The van der Waals surface area contributed by atoms with E-state index in [9.17, 15) is 4.79 Å². The van der Waals surface area contributed by atoms with E-state index in [4.69, 9.17) is 0 Å². The normalized spacial score (nSPS) is 12.4. The third-order valence-electron chi connectivity index (χ3n) is 3.11. The van der Waals surface area contributed by atoms with Crippen molar-refractivity contribution in [2.24, 2.45) is 0 Å². The van der Waals surface area contributed by atoms with Gasteiger partial charge < -0.3 is 0 Å². The van der Waals surface area contributed by atoms with Gasteiger partial charge >= 0.3 is 0 Å². The molecule has 5 heteroatoms. The lowest BCUT2D eigenvalue weighted by Crippen LogP contribution is -2.09. The van der Waals surface area contributed by atoms with Crippen molar-refractivity contribution in [3.63, 3.8) is 0 Å². The van der Waals surface area contributed by atoms with Crippen molar-refractivity contribution >= 4 is 5.78 Å². The van der Waals surface area contributed by atoms with Crippen LogP contribution >= 0.6 is 0 Å².